The fourth-order valence-corrected chi connectivity index (χ4v) is 4.84. The number of methoxy groups -OCH3 is 1. The van der Waals surface area contributed by atoms with Gasteiger partial charge in [-0.05, 0) is 60.7 Å². The average Bonchev–Trinajstić information content (AvgIpc) is 3.12. The number of esters is 1. The molecule has 0 unspecified atom stereocenters. The van der Waals surface area contributed by atoms with Gasteiger partial charge in [0.2, 0.25) is 0 Å². The lowest BCUT2D eigenvalue weighted by molar-refractivity contribution is 0.0600. The molecule has 34 heavy (non-hydrogen) atoms. The lowest BCUT2D eigenvalue weighted by Gasteiger charge is -2.30. The Morgan fingerprint density at radius 1 is 1.12 bits per heavy atom. The molecule has 6 heteroatoms. The fourth-order valence-electron chi connectivity index (χ4n) is 4.84. The summed E-state index contributed by atoms with van der Waals surface area (Å²) in [6, 6.07) is 20.2. The molecule has 6 nitrogen and oxygen atoms in total. The van der Waals surface area contributed by atoms with Crippen molar-refractivity contribution in [2.75, 3.05) is 18.6 Å². The van der Waals surface area contributed by atoms with E-state index >= 15 is 0 Å². The standard InChI is InChI=1S/C28H26N4O2/c1-18-19(2)32(16-20-8-10-22(11-9-20)28(33)34-3)26-25(18)14-24(15-29)30-27(26)31-13-12-21-6-4-5-7-23(21)17-31/h4-11,14H,12-13,16-17H2,1-3H3. The molecule has 1 aliphatic rings. The molecule has 0 aliphatic carbocycles. The molecular formula is C28H26N4O2. The molecule has 0 atom stereocenters. The smallest absolute Gasteiger partial charge is 0.337 e. The van der Waals surface area contributed by atoms with Crippen LogP contribution < -0.4 is 4.90 Å². The minimum Gasteiger partial charge on any atom is -0.465 e. The highest BCUT2D eigenvalue weighted by Gasteiger charge is 2.24. The van der Waals surface area contributed by atoms with Gasteiger partial charge < -0.3 is 14.2 Å². The summed E-state index contributed by atoms with van der Waals surface area (Å²) in [5, 5.41) is 10.8. The van der Waals surface area contributed by atoms with Crippen molar-refractivity contribution in [2.24, 2.45) is 0 Å². The number of hydrogen-bond acceptors (Lipinski definition) is 5. The molecule has 3 heterocycles. The van der Waals surface area contributed by atoms with Gasteiger partial charge in [-0.1, -0.05) is 36.4 Å². The number of aromatic nitrogens is 2. The Labute approximate surface area is 199 Å². The Hall–Kier alpha value is -4.11. The summed E-state index contributed by atoms with van der Waals surface area (Å²) in [5.41, 5.74) is 8.06. The number of aryl methyl sites for hydroxylation is 1. The minimum atomic E-state index is -0.342. The summed E-state index contributed by atoms with van der Waals surface area (Å²) in [6.07, 6.45) is 0.948. The number of fused-ring (bicyclic) bond motifs is 2. The van der Waals surface area contributed by atoms with Gasteiger partial charge in [0.25, 0.3) is 0 Å². The molecule has 2 aromatic carbocycles. The van der Waals surface area contributed by atoms with E-state index in [1.54, 1.807) is 12.1 Å². The molecule has 0 amide bonds. The lowest BCUT2D eigenvalue weighted by Crippen LogP contribution is -2.31. The number of nitrogens with zero attached hydrogens (tertiary/aromatic N) is 4. The van der Waals surface area contributed by atoms with E-state index < -0.39 is 0 Å². The predicted molar refractivity (Wildman–Crippen MR) is 132 cm³/mol. The highest BCUT2D eigenvalue weighted by molar-refractivity contribution is 5.94. The van der Waals surface area contributed by atoms with Crippen molar-refractivity contribution in [3.05, 3.63) is 93.8 Å². The lowest BCUT2D eigenvalue weighted by atomic mass is 10.00. The van der Waals surface area contributed by atoms with Crippen molar-refractivity contribution in [3.63, 3.8) is 0 Å². The maximum absolute atomic E-state index is 11.8. The van der Waals surface area contributed by atoms with E-state index in [1.165, 1.54) is 18.2 Å². The van der Waals surface area contributed by atoms with Gasteiger partial charge >= 0.3 is 5.97 Å². The first kappa shape index (κ1) is 21.7. The first-order valence-electron chi connectivity index (χ1n) is 11.4. The highest BCUT2D eigenvalue weighted by atomic mass is 16.5. The Balaban J connectivity index is 1.61. The Bertz CT molecular complexity index is 1440. The maximum Gasteiger partial charge on any atom is 0.337 e. The summed E-state index contributed by atoms with van der Waals surface area (Å²) >= 11 is 0. The SMILES string of the molecule is COC(=O)c1ccc(Cn2c(C)c(C)c3cc(C#N)nc(N4CCc5ccccc5C4)c32)cc1. The maximum atomic E-state index is 11.8. The van der Waals surface area contributed by atoms with Crippen molar-refractivity contribution in [2.45, 2.75) is 33.4 Å². The van der Waals surface area contributed by atoms with Crippen LogP contribution in [0, 0.1) is 25.2 Å². The molecule has 0 bridgehead atoms. The largest absolute Gasteiger partial charge is 0.465 e. The Kier molecular flexibility index (Phi) is 5.54. The van der Waals surface area contributed by atoms with E-state index in [2.05, 4.69) is 53.6 Å². The summed E-state index contributed by atoms with van der Waals surface area (Å²) in [7, 11) is 1.39. The fraction of sp³-hybridized carbons (Fsp3) is 0.250. The van der Waals surface area contributed by atoms with E-state index in [4.69, 9.17) is 9.72 Å². The Morgan fingerprint density at radius 2 is 1.85 bits per heavy atom. The van der Waals surface area contributed by atoms with Crippen molar-refractivity contribution in [1.29, 1.82) is 5.26 Å². The second-order valence-corrected chi connectivity index (χ2v) is 8.76. The number of ether oxygens (including phenoxy) is 1. The zero-order valence-electron chi connectivity index (χ0n) is 19.6. The third-order valence-electron chi connectivity index (χ3n) is 6.86. The van der Waals surface area contributed by atoms with Crippen molar-refractivity contribution < 1.29 is 9.53 Å². The quantitative estimate of drug-likeness (QED) is 0.413. The summed E-state index contributed by atoms with van der Waals surface area (Å²) < 4.78 is 7.10. The first-order valence-corrected chi connectivity index (χ1v) is 11.4. The van der Waals surface area contributed by atoms with Crippen LogP contribution in [-0.4, -0.2) is 29.2 Å². The normalized spacial score (nSPS) is 12.9. The second-order valence-electron chi connectivity index (χ2n) is 8.76. The van der Waals surface area contributed by atoms with Crippen LogP contribution >= 0.6 is 0 Å². The molecule has 170 valence electrons. The minimum absolute atomic E-state index is 0.342. The van der Waals surface area contributed by atoms with Crippen LogP contribution in [0.25, 0.3) is 10.9 Å². The van der Waals surface area contributed by atoms with Gasteiger partial charge in [-0.15, -0.1) is 0 Å². The van der Waals surface area contributed by atoms with Crippen LogP contribution in [0.3, 0.4) is 0 Å². The number of rotatable bonds is 4. The Morgan fingerprint density at radius 3 is 2.56 bits per heavy atom. The van der Waals surface area contributed by atoms with Gasteiger partial charge in [0.15, 0.2) is 5.82 Å². The molecule has 0 saturated carbocycles. The molecule has 0 saturated heterocycles. The number of anilines is 1. The number of nitriles is 1. The highest BCUT2D eigenvalue weighted by Crippen LogP contribution is 2.35. The number of carbonyl (C=O) groups is 1. The van der Waals surface area contributed by atoms with Crippen molar-refractivity contribution in [1.82, 2.24) is 9.55 Å². The van der Waals surface area contributed by atoms with Crippen LogP contribution in [0.5, 0.6) is 0 Å². The van der Waals surface area contributed by atoms with Crippen molar-refractivity contribution >= 4 is 22.7 Å². The molecule has 0 spiro atoms. The summed E-state index contributed by atoms with van der Waals surface area (Å²) in [6.45, 7) is 6.47. The molecule has 0 radical (unpaired) electrons. The van der Waals surface area contributed by atoms with Crippen LogP contribution in [0.2, 0.25) is 0 Å². The number of pyridine rings is 1. The first-order chi connectivity index (χ1) is 16.5. The predicted octanol–water partition coefficient (Wildman–Crippen LogP) is 4.92. The second kappa shape index (κ2) is 8.68. The topological polar surface area (TPSA) is 71.1 Å². The summed E-state index contributed by atoms with van der Waals surface area (Å²) in [4.78, 5) is 18.9. The molecule has 4 aromatic rings. The third kappa shape index (κ3) is 3.69. The van der Waals surface area contributed by atoms with Gasteiger partial charge in [-0.2, -0.15) is 5.26 Å². The molecule has 0 N–H and O–H groups in total. The van der Waals surface area contributed by atoms with E-state index in [0.29, 0.717) is 17.8 Å². The van der Waals surface area contributed by atoms with Crippen LogP contribution in [0.4, 0.5) is 5.82 Å². The van der Waals surface area contributed by atoms with Gasteiger partial charge in [0, 0.05) is 30.7 Å². The molecule has 1 aliphatic heterocycles. The van der Waals surface area contributed by atoms with E-state index in [1.807, 2.05) is 18.2 Å². The zero-order chi connectivity index (χ0) is 23.8. The third-order valence-corrected chi connectivity index (χ3v) is 6.86. The summed E-state index contributed by atoms with van der Waals surface area (Å²) in [5.74, 6) is 0.511. The molecule has 0 fully saturated rings. The van der Waals surface area contributed by atoms with E-state index in [0.717, 1.165) is 53.1 Å². The number of benzene rings is 2. The van der Waals surface area contributed by atoms with Crippen LogP contribution in [0.1, 0.15) is 44.0 Å². The van der Waals surface area contributed by atoms with Gasteiger partial charge in [-0.25, -0.2) is 9.78 Å². The zero-order valence-corrected chi connectivity index (χ0v) is 19.6. The van der Waals surface area contributed by atoms with Gasteiger partial charge in [0.05, 0.1) is 18.2 Å². The monoisotopic (exact) mass is 450 g/mol. The van der Waals surface area contributed by atoms with Crippen LogP contribution in [-0.2, 0) is 24.2 Å². The van der Waals surface area contributed by atoms with Crippen molar-refractivity contribution in [3.8, 4) is 6.07 Å². The molecular weight excluding hydrogens is 424 g/mol. The average molecular weight is 451 g/mol. The number of carbonyl (C=O) groups excluding carboxylic acids is 1. The number of hydrogen-bond donors (Lipinski definition) is 0. The van der Waals surface area contributed by atoms with E-state index in [-0.39, 0.29) is 5.97 Å². The molecule has 5 rings (SSSR count). The van der Waals surface area contributed by atoms with Crippen LogP contribution in [0.15, 0.2) is 54.6 Å². The molecule has 2 aromatic heterocycles. The van der Waals surface area contributed by atoms with Gasteiger partial charge in [-0.3, -0.25) is 0 Å². The van der Waals surface area contributed by atoms with Gasteiger partial charge in [0.1, 0.15) is 11.8 Å². The van der Waals surface area contributed by atoms with E-state index in [9.17, 15) is 10.1 Å².